The summed E-state index contributed by atoms with van der Waals surface area (Å²) in [6.07, 6.45) is 1.87. The Morgan fingerprint density at radius 1 is 1.43 bits per heavy atom. The van der Waals surface area contributed by atoms with Crippen LogP contribution in [0.4, 0.5) is 0 Å². The molecule has 0 aromatic heterocycles. The van der Waals surface area contributed by atoms with Gasteiger partial charge in [-0.3, -0.25) is 4.79 Å². The average molecular weight is 397 g/mol. The van der Waals surface area contributed by atoms with Crippen molar-refractivity contribution in [2.24, 2.45) is 4.99 Å². The van der Waals surface area contributed by atoms with E-state index in [-0.39, 0.29) is 5.91 Å². The van der Waals surface area contributed by atoms with Gasteiger partial charge in [-0.15, -0.1) is 0 Å². The van der Waals surface area contributed by atoms with E-state index < -0.39 is 0 Å². The number of morpholine rings is 1. The van der Waals surface area contributed by atoms with Crippen molar-refractivity contribution in [3.63, 3.8) is 0 Å². The van der Waals surface area contributed by atoms with Crippen LogP contribution in [0, 0.1) is 0 Å². The van der Waals surface area contributed by atoms with Crippen LogP contribution in [0.1, 0.15) is 12.5 Å². The number of halogens is 1. The lowest BCUT2D eigenvalue weighted by molar-refractivity contribution is -0.113. The highest BCUT2D eigenvalue weighted by Gasteiger charge is 2.27. The Balaban J connectivity index is 1.73. The van der Waals surface area contributed by atoms with Gasteiger partial charge < -0.3 is 14.4 Å². The summed E-state index contributed by atoms with van der Waals surface area (Å²) >= 11 is 4.92. The largest absolute Gasteiger partial charge is 0.493 e. The lowest BCUT2D eigenvalue weighted by Gasteiger charge is -2.27. The molecule has 0 bridgehead atoms. The number of nitrogens with zero attached hydrogens (tertiary/aromatic N) is 2. The van der Waals surface area contributed by atoms with Crippen LogP contribution in [0.5, 0.6) is 5.75 Å². The first-order valence-electron chi connectivity index (χ1n) is 7.45. The Labute approximate surface area is 147 Å². The van der Waals surface area contributed by atoms with E-state index in [0.717, 1.165) is 34.0 Å². The Kier molecular flexibility index (Phi) is 5.40. The third-order valence-corrected chi connectivity index (χ3v) is 5.11. The quantitative estimate of drug-likeness (QED) is 0.734. The average Bonchev–Trinajstić information content (AvgIpc) is 2.92. The van der Waals surface area contributed by atoms with Gasteiger partial charge in [-0.25, -0.2) is 0 Å². The maximum absolute atomic E-state index is 12.1. The molecule has 0 radical (unpaired) electrons. The van der Waals surface area contributed by atoms with Crippen molar-refractivity contribution >= 4 is 44.8 Å². The predicted molar refractivity (Wildman–Crippen MR) is 95.7 cm³/mol. The number of carbonyl (C=O) groups is 1. The number of amides is 1. The number of hydrogen-bond donors (Lipinski definition) is 0. The third kappa shape index (κ3) is 3.97. The first-order chi connectivity index (χ1) is 11.2. The molecule has 2 aliphatic rings. The van der Waals surface area contributed by atoms with Crippen molar-refractivity contribution in [2.45, 2.75) is 6.92 Å². The van der Waals surface area contributed by atoms with Crippen LogP contribution in [-0.2, 0) is 9.53 Å². The van der Waals surface area contributed by atoms with E-state index >= 15 is 0 Å². The molecule has 1 saturated heterocycles. The fraction of sp³-hybridized carbons (Fsp3) is 0.375. The monoisotopic (exact) mass is 396 g/mol. The maximum Gasteiger partial charge on any atom is 0.286 e. The number of hydrogen-bond acceptors (Lipinski definition) is 5. The minimum absolute atomic E-state index is 0.179. The van der Waals surface area contributed by atoms with Crippen LogP contribution in [0.2, 0.25) is 0 Å². The second-order valence-electron chi connectivity index (χ2n) is 5.03. The van der Waals surface area contributed by atoms with Crippen LogP contribution in [-0.4, -0.2) is 48.9 Å². The Hall–Kier alpha value is -1.31. The molecule has 2 heterocycles. The van der Waals surface area contributed by atoms with E-state index in [1.54, 1.807) is 0 Å². The Morgan fingerprint density at radius 3 is 2.91 bits per heavy atom. The number of carbonyl (C=O) groups excluding carboxylic acids is 1. The molecule has 0 N–H and O–H groups in total. The number of amidine groups is 1. The number of aliphatic imine (C=N–C) groups is 1. The number of rotatable bonds is 3. The smallest absolute Gasteiger partial charge is 0.286 e. The standard InChI is InChI=1S/C16H17BrN2O3S/c1-2-22-13-4-3-11(9-12(13)17)10-14-15(20)18-16(23-14)19-5-7-21-8-6-19/h3-4,9-10H,2,5-8H2,1H3/b14-10+. The molecular formula is C16H17BrN2O3S. The fourth-order valence-corrected chi connectivity index (χ4v) is 3.79. The summed E-state index contributed by atoms with van der Waals surface area (Å²) in [5, 5.41) is 0.773. The molecule has 23 heavy (non-hydrogen) atoms. The van der Waals surface area contributed by atoms with Gasteiger partial charge in [-0.1, -0.05) is 6.07 Å². The van der Waals surface area contributed by atoms with E-state index in [4.69, 9.17) is 9.47 Å². The number of benzene rings is 1. The van der Waals surface area contributed by atoms with E-state index in [1.807, 2.05) is 31.2 Å². The molecule has 1 aromatic rings. The highest BCUT2D eigenvalue weighted by atomic mass is 79.9. The van der Waals surface area contributed by atoms with E-state index in [0.29, 0.717) is 24.7 Å². The summed E-state index contributed by atoms with van der Waals surface area (Å²) in [5.41, 5.74) is 0.939. The lowest BCUT2D eigenvalue weighted by atomic mass is 10.2. The van der Waals surface area contributed by atoms with Crippen molar-refractivity contribution in [1.82, 2.24) is 4.90 Å². The summed E-state index contributed by atoms with van der Waals surface area (Å²) < 4.78 is 11.7. The lowest BCUT2D eigenvalue weighted by Crippen LogP contribution is -2.38. The molecule has 3 rings (SSSR count). The highest BCUT2D eigenvalue weighted by molar-refractivity contribution is 9.10. The van der Waals surface area contributed by atoms with Crippen LogP contribution in [0.15, 0.2) is 32.6 Å². The molecule has 0 spiro atoms. The van der Waals surface area contributed by atoms with E-state index in [1.165, 1.54) is 11.8 Å². The van der Waals surface area contributed by atoms with Gasteiger partial charge in [-0.2, -0.15) is 4.99 Å². The van der Waals surface area contributed by atoms with Crippen LogP contribution in [0.25, 0.3) is 6.08 Å². The molecule has 1 aromatic carbocycles. The van der Waals surface area contributed by atoms with Crippen LogP contribution in [0.3, 0.4) is 0 Å². The molecule has 7 heteroatoms. The van der Waals surface area contributed by atoms with Crippen molar-refractivity contribution in [2.75, 3.05) is 32.9 Å². The second-order valence-corrected chi connectivity index (χ2v) is 6.90. The van der Waals surface area contributed by atoms with Crippen molar-refractivity contribution in [3.05, 3.63) is 33.1 Å². The van der Waals surface area contributed by atoms with Crippen molar-refractivity contribution in [3.8, 4) is 5.75 Å². The first kappa shape index (κ1) is 16.5. The van der Waals surface area contributed by atoms with Gasteiger partial charge in [0.25, 0.3) is 5.91 Å². The van der Waals surface area contributed by atoms with Gasteiger partial charge in [0.05, 0.1) is 29.2 Å². The molecular weight excluding hydrogens is 380 g/mol. The fourth-order valence-electron chi connectivity index (χ4n) is 2.32. The second kappa shape index (κ2) is 7.51. The van der Waals surface area contributed by atoms with Gasteiger partial charge in [0.15, 0.2) is 5.17 Å². The molecule has 122 valence electrons. The summed E-state index contributed by atoms with van der Waals surface area (Å²) in [5.74, 6) is 0.617. The zero-order chi connectivity index (χ0) is 16.2. The molecule has 0 atom stereocenters. The van der Waals surface area contributed by atoms with Crippen LogP contribution < -0.4 is 4.74 Å². The zero-order valence-electron chi connectivity index (χ0n) is 12.8. The highest BCUT2D eigenvalue weighted by Crippen LogP contribution is 2.32. The van der Waals surface area contributed by atoms with Gasteiger partial charge in [0.2, 0.25) is 0 Å². The van der Waals surface area contributed by atoms with Gasteiger partial charge in [0, 0.05) is 13.1 Å². The summed E-state index contributed by atoms with van der Waals surface area (Å²) in [6, 6.07) is 5.77. The molecule has 0 aliphatic carbocycles. The predicted octanol–water partition coefficient (Wildman–Crippen LogP) is 3.15. The van der Waals surface area contributed by atoms with E-state index in [2.05, 4.69) is 25.8 Å². The summed E-state index contributed by atoms with van der Waals surface area (Å²) in [6.45, 7) is 5.48. The number of ether oxygens (including phenoxy) is 2. The third-order valence-electron chi connectivity index (χ3n) is 3.44. The minimum Gasteiger partial charge on any atom is -0.493 e. The molecule has 0 saturated carbocycles. The molecule has 0 unspecified atom stereocenters. The van der Waals surface area contributed by atoms with Crippen molar-refractivity contribution < 1.29 is 14.3 Å². The van der Waals surface area contributed by atoms with Gasteiger partial charge in [-0.05, 0) is 58.4 Å². The normalized spacial score (nSPS) is 20.1. The Bertz CT molecular complexity index is 669. The Morgan fingerprint density at radius 2 is 2.22 bits per heavy atom. The topological polar surface area (TPSA) is 51.1 Å². The van der Waals surface area contributed by atoms with Gasteiger partial charge >= 0.3 is 0 Å². The molecule has 5 nitrogen and oxygen atoms in total. The SMILES string of the molecule is CCOc1ccc(/C=C2/SC(N3CCOCC3)=NC2=O)cc1Br. The molecule has 2 aliphatic heterocycles. The molecule has 1 fully saturated rings. The summed E-state index contributed by atoms with van der Waals surface area (Å²) in [7, 11) is 0. The minimum atomic E-state index is -0.179. The number of thioether (sulfide) groups is 1. The summed E-state index contributed by atoms with van der Waals surface area (Å²) in [4.78, 5) is 19.0. The van der Waals surface area contributed by atoms with Gasteiger partial charge in [0.1, 0.15) is 5.75 Å². The zero-order valence-corrected chi connectivity index (χ0v) is 15.2. The maximum atomic E-state index is 12.1. The first-order valence-corrected chi connectivity index (χ1v) is 9.06. The van der Waals surface area contributed by atoms with Crippen LogP contribution >= 0.6 is 27.7 Å². The van der Waals surface area contributed by atoms with E-state index in [9.17, 15) is 4.79 Å². The van der Waals surface area contributed by atoms with Crippen molar-refractivity contribution in [1.29, 1.82) is 0 Å². The molecule has 1 amide bonds.